The van der Waals surface area contributed by atoms with E-state index in [0.717, 1.165) is 30.8 Å². The lowest BCUT2D eigenvalue weighted by Gasteiger charge is -2.15. The summed E-state index contributed by atoms with van der Waals surface area (Å²) in [6, 6.07) is 31.4. The van der Waals surface area contributed by atoms with Crippen LogP contribution < -0.4 is 0 Å². The fourth-order valence-corrected chi connectivity index (χ4v) is 5.68. The van der Waals surface area contributed by atoms with E-state index in [1.807, 2.05) is 86.6 Å². The van der Waals surface area contributed by atoms with Crippen LogP contribution in [0, 0.1) is 17.4 Å². The Morgan fingerprint density at radius 1 is 0.694 bits per heavy atom. The van der Waals surface area contributed by atoms with Crippen molar-refractivity contribution in [2.45, 2.75) is 19.8 Å². The molecule has 0 bridgehead atoms. The number of halogens is 1. The van der Waals surface area contributed by atoms with E-state index < -0.39 is 0 Å². The number of benzene rings is 3. The average molecular weight is 602 g/mol. The Kier molecular flexibility index (Phi) is 7.03. The van der Waals surface area contributed by atoms with Crippen molar-refractivity contribution in [2.75, 3.05) is 0 Å². The quantitative estimate of drug-likeness (QED) is 0.152. The fraction of sp³-hybridized carbons (Fsp3) is 0.0968. The third-order valence-corrected chi connectivity index (χ3v) is 8.10. The summed E-state index contributed by atoms with van der Waals surface area (Å²) in [5, 5.41) is 0. The molecule has 0 radical (unpaired) electrons. The van der Waals surface area contributed by atoms with Crippen molar-refractivity contribution in [3.8, 4) is 0 Å². The number of thiophene rings is 1. The van der Waals surface area contributed by atoms with Crippen molar-refractivity contribution in [3.05, 3.63) is 150 Å². The first kappa shape index (κ1) is 24.4. The third-order valence-electron chi connectivity index (χ3n) is 6.23. The second-order valence-corrected chi connectivity index (χ2v) is 11.3. The highest BCUT2D eigenvalue weighted by Gasteiger charge is 2.23. The molecule has 1 N–H and O–H groups in total. The molecule has 0 amide bonds. The smallest absolute Gasteiger partial charge is 0.209 e. The summed E-state index contributed by atoms with van der Waals surface area (Å²) in [7, 11) is 0. The highest BCUT2D eigenvalue weighted by atomic mass is 127. The first-order valence-electron chi connectivity index (χ1n) is 11.7. The molecule has 5 heteroatoms. The van der Waals surface area contributed by atoms with Gasteiger partial charge in [0.25, 0.3) is 0 Å². The summed E-state index contributed by atoms with van der Waals surface area (Å²) in [6.07, 6.45) is 0. The van der Waals surface area contributed by atoms with E-state index in [1.165, 1.54) is 11.3 Å². The van der Waals surface area contributed by atoms with Gasteiger partial charge < -0.3 is 4.98 Å². The Morgan fingerprint density at radius 3 is 1.89 bits per heavy atom. The van der Waals surface area contributed by atoms with Crippen LogP contribution in [0.3, 0.4) is 0 Å². The summed E-state index contributed by atoms with van der Waals surface area (Å²) in [5.74, 6) is -0.135. The standard InChI is InChI=1S/C31H24INO2S/c1-19-3-7-22(8-4-19)30(34)26-16-15-25(33-26)29(21-11-13-24(32)14-12-21)27-17-18-28(36-27)31(35)23-9-5-20(2)6-10-23/h3-18,29,33H,1-2H3. The monoisotopic (exact) mass is 601 g/mol. The lowest BCUT2D eigenvalue weighted by Crippen LogP contribution is -2.05. The van der Waals surface area contributed by atoms with Crippen LogP contribution in [-0.2, 0) is 0 Å². The number of carbonyl (C=O) groups is 2. The maximum atomic E-state index is 13.1. The Bertz CT molecular complexity index is 1430. The highest BCUT2D eigenvalue weighted by molar-refractivity contribution is 14.1. The second kappa shape index (κ2) is 10.4. The van der Waals surface area contributed by atoms with Crippen molar-refractivity contribution in [1.29, 1.82) is 0 Å². The number of H-pyrrole nitrogens is 1. The van der Waals surface area contributed by atoms with Gasteiger partial charge in [-0.1, -0.05) is 71.8 Å². The molecule has 3 nitrogen and oxygen atoms in total. The summed E-state index contributed by atoms with van der Waals surface area (Å²) in [6.45, 7) is 4.02. The Morgan fingerprint density at radius 2 is 1.28 bits per heavy atom. The molecule has 0 spiro atoms. The van der Waals surface area contributed by atoms with E-state index >= 15 is 0 Å². The van der Waals surface area contributed by atoms with Crippen LogP contribution in [0.1, 0.15) is 64.5 Å². The van der Waals surface area contributed by atoms with Crippen LogP contribution in [0.15, 0.2) is 97.1 Å². The minimum atomic E-state index is -0.119. The van der Waals surface area contributed by atoms with Gasteiger partial charge in [0, 0.05) is 25.3 Å². The van der Waals surface area contributed by atoms with Crippen molar-refractivity contribution in [2.24, 2.45) is 0 Å². The largest absolute Gasteiger partial charge is 0.355 e. The van der Waals surface area contributed by atoms with Gasteiger partial charge in [-0.3, -0.25) is 9.59 Å². The van der Waals surface area contributed by atoms with Crippen LogP contribution in [0.25, 0.3) is 0 Å². The number of aromatic amines is 1. The number of aromatic nitrogens is 1. The number of ketones is 2. The molecule has 1 unspecified atom stereocenters. The zero-order valence-corrected chi connectivity index (χ0v) is 22.9. The van der Waals surface area contributed by atoms with Gasteiger partial charge in [0.2, 0.25) is 11.6 Å². The second-order valence-electron chi connectivity index (χ2n) is 8.90. The summed E-state index contributed by atoms with van der Waals surface area (Å²) in [4.78, 5) is 31.4. The van der Waals surface area contributed by atoms with Crippen molar-refractivity contribution in [1.82, 2.24) is 4.98 Å². The molecule has 0 saturated heterocycles. The van der Waals surface area contributed by atoms with Gasteiger partial charge in [-0.05, 0) is 78.4 Å². The van der Waals surface area contributed by atoms with Gasteiger partial charge in [0.1, 0.15) is 0 Å². The zero-order valence-electron chi connectivity index (χ0n) is 19.9. The predicted molar refractivity (Wildman–Crippen MR) is 154 cm³/mol. The molecule has 36 heavy (non-hydrogen) atoms. The van der Waals surface area contributed by atoms with Crippen molar-refractivity contribution < 1.29 is 9.59 Å². The molecular formula is C31H24INO2S. The Labute approximate surface area is 228 Å². The molecule has 2 aromatic heterocycles. The number of carbonyl (C=O) groups excluding carboxylic acids is 2. The van der Waals surface area contributed by atoms with E-state index in [1.54, 1.807) is 0 Å². The number of aryl methyl sites for hydroxylation is 2. The maximum Gasteiger partial charge on any atom is 0.209 e. The molecule has 5 rings (SSSR count). The van der Waals surface area contributed by atoms with Crippen LogP contribution in [0.4, 0.5) is 0 Å². The first-order chi connectivity index (χ1) is 17.4. The van der Waals surface area contributed by atoms with E-state index in [2.05, 4.69) is 51.8 Å². The van der Waals surface area contributed by atoms with Gasteiger partial charge in [0.15, 0.2) is 0 Å². The first-order valence-corrected chi connectivity index (χ1v) is 13.6. The Balaban J connectivity index is 1.51. The molecule has 5 aromatic rings. The third kappa shape index (κ3) is 5.13. The van der Waals surface area contributed by atoms with Crippen molar-refractivity contribution in [3.63, 3.8) is 0 Å². The van der Waals surface area contributed by atoms with Gasteiger partial charge in [-0.25, -0.2) is 0 Å². The van der Waals surface area contributed by atoms with E-state index in [9.17, 15) is 9.59 Å². The summed E-state index contributed by atoms with van der Waals surface area (Å²) in [5.41, 5.74) is 6.15. The maximum absolute atomic E-state index is 13.1. The SMILES string of the molecule is Cc1ccc(C(=O)c2ccc(C(c3ccc(I)cc3)c3ccc(C(=O)c4ccc(C)cc4)s3)[nH]2)cc1. The topological polar surface area (TPSA) is 49.9 Å². The van der Waals surface area contributed by atoms with Crippen LogP contribution in [0.2, 0.25) is 0 Å². The lowest BCUT2D eigenvalue weighted by molar-refractivity contribution is 0.103. The molecule has 0 aliphatic carbocycles. The number of hydrogen-bond donors (Lipinski definition) is 1. The number of hydrogen-bond acceptors (Lipinski definition) is 3. The van der Waals surface area contributed by atoms with Crippen molar-refractivity contribution >= 4 is 45.5 Å². The number of nitrogens with one attached hydrogen (secondary N) is 1. The van der Waals surface area contributed by atoms with Crippen LogP contribution in [-0.4, -0.2) is 16.6 Å². The number of rotatable bonds is 7. The molecule has 3 aromatic carbocycles. The van der Waals surface area contributed by atoms with E-state index in [-0.39, 0.29) is 17.5 Å². The summed E-state index contributed by atoms with van der Waals surface area (Å²) >= 11 is 3.80. The van der Waals surface area contributed by atoms with Crippen LogP contribution in [0.5, 0.6) is 0 Å². The fourth-order valence-electron chi connectivity index (χ4n) is 4.20. The van der Waals surface area contributed by atoms with E-state index in [4.69, 9.17) is 0 Å². The molecule has 0 aliphatic heterocycles. The highest BCUT2D eigenvalue weighted by Crippen LogP contribution is 2.37. The average Bonchev–Trinajstić information content (AvgIpc) is 3.56. The minimum absolute atomic E-state index is 0.0225. The van der Waals surface area contributed by atoms with Gasteiger partial charge >= 0.3 is 0 Å². The molecule has 0 fully saturated rings. The molecule has 0 saturated carbocycles. The molecule has 178 valence electrons. The molecular weight excluding hydrogens is 577 g/mol. The zero-order chi connectivity index (χ0) is 25.2. The lowest BCUT2D eigenvalue weighted by atomic mass is 9.94. The normalized spacial score (nSPS) is 11.9. The minimum Gasteiger partial charge on any atom is -0.355 e. The molecule has 0 aliphatic rings. The predicted octanol–water partition coefficient (Wildman–Crippen LogP) is 7.94. The van der Waals surface area contributed by atoms with E-state index in [0.29, 0.717) is 21.7 Å². The molecule has 2 heterocycles. The summed E-state index contributed by atoms with van der Waals surface area (Å²) < 4.78 is 1.15. The molecule has 1 atom stereocenters. The van der Waals surface area contributed by atoms with Gasteiger partial charge in [-0.2, -0.15) is 0 Å². The van der Waals surface area contributed by atoms with Crippen LogP contribution >= 0.6 is 33.9 Å². The Hall–Kier alpha value is -3.29. The van der Waals surface area contributed by atoms with Gasteiger partial charge in [-0.15, -0.1) is 11.3 Å². The van der Waals surface area contributed by atoms with Gasteiger partial charge in [0.05, 0.1) is 16.5 Å².